The molecule has 1 N–H and O–H groups in total. The molecule has 1 aliphatic heterocycles. The number of carbonyl (C=O) groups excluding carboxylic acids is 3. The molecule has 172 valence electrons. The maximum atomic E-state index is 13.2. The van der Waals surface area contributed by atoms with Crippen LogP contribution >= 0.6 is 46.4 Å². The van der Waals surface area contributed by atoms with Crippen LogP contribution in [0.25, 0.3) is 6.08 Å². The summed E-state index contributed by atoms with van der Waals surface area (Å²) < 4.78 is 5.89. The lowest BCUT2D eigenvalue weighted by molar-refractivity contribution is -0.122. The van der Waals surface area contributed by atoms with Crippen molar-refractivity contribution in [3.05, 3.63) is 97.5 Å². The highest BCUT2D eigenvalue weighted by molar-refractivity contribution is 6.43. The first-order valence-electron chi connectivity index (χ1n) is 9.76. The highest BCUT2D eigenvalue weighted by Crippen LogP contribution is 2.31. The van der Waals surface area contributed by atoms with Crippen molar-refractivity contribution in [2.45, 2.75) is 6.61 Å². The Morgan fingerprint density at radius 3 is 2.24 bits per heavy atom. The molecule has 3 aromatic rings. The largest absolute Gasteiger partial charge is 0.488 e. The zero-order valence-electron chi connectivity index (χ0n) is 17.2. The molecule has 1 heterocycles. The van der Waals surface area contributed by atoms with Crippen LogP contribution in [-0.4, -0.2) is 17.8 Å². The molecule has 0 saturated carbocycles. The molecule has 10 heteroatoms. The molecule has 3 aromatic carbocycles. The average Bonchev–Trinajstić information content (AvgIpc) is 2.79. The zero-order valence-corrected chi connectivity index (χ0v) is 20.2. The lowest BCUT2D eigenvalue weighted by Gasteiger charge is -2.26. The van der Waals surface area contributed by atoms with E-state index in [1.54, 1.807) is 30.3 Å². The number of hydrogen-bond donors (Lipinski definition) is 1. The van der Waals surface area contributed by atoms with Crippen molar-refractivity contribution < 1.29 is 19.1 Å². The maximum absolute atomic E-state index is 13.2. The van der Waals surface area contributed by atoms with E-state index in [0.29, 0.717) is 21.4 Å². The molecular weight excluding hydrogens is 522 g/mol. The average molecular weight is 536 g/mol. The van der Waals surface area contributed by atoms with E-state index in [9.17, 15) is 14.4 Å². The summed E-state index contributed by atoms with van der Waals surface area (Å²) in [6.45, 7) is 0.211. The zero-order chi connectivity index (χ0) is 24.4. The van der Waals surface area contributed by atoms with Crippen LogP contribution in [0.1, 0.15) is 11.1 Å². The number of benzene rings is 3. The van der Waals surface area contributed by atoms with Crippen molar-refractivity contribution in [1.29, 1.82) is 0 Å². The number of halogens is 4. The number of hydrogen-bond acceptors (Lipinski definition) is 4. The van der Waals surface area contributed by atoms with E-state index < -0.39 is 17.8 Å². The van der Waals surface area contributed by atoms with Gasteiger partial charge >= 0.3 is 6.03 Å². The van der Waals surface area contributed by atoms with Gasteiger partial charge in [0, 0.05) is 15.6 Å². The fourth-order valence-electron chi connectivity index (χ4n) is 3.18. The number of barbiturate groups is 1. The van der Waals surface area contributed by atoms with Crippen LogP contribution in [0.2, 0.25) is 20.1 Å². The van der Waals surface area contributed by atoms with E-state index in [1.807, 2.05) is 12.1 Å². The third-order valence-electron chi connectivity index (χ3n) is 4.84. The molecule has 1 fully saturated rings. The number of urea groups is 1. The van der Waals surface area contributed by atoms with Gasteiger partial charge in [-0.15, -0.1) is 0 Å². The fourth-order valence-corrected chi connectivity index (χ4v) is 3.78. The Balaban J connectivity index is 1.67. The van der Waals surface area contributed by atoms with Crippen molar-refractivity contribution >= 4 is 76.0 Å². The summed E-state index contributed by atoms with van der Waals surface area (Å²) in [6, 6.07) is 15.2. The van der Waals surface area contributed by atoms with E-state index in [4.69, 9.17) is 51.1 Å². The lowest BCUT2D eigenvalue weighted by atomic mass is 10.1. The van der Waals surface area contributed by atoms with Gasteiger partial charge in [-0.25, -0.2) is 9.69 Å². The minimum atomic E-state index is -0.907. The van der Waals surface area contributed by atoms with E-state index in [1.165, 1.54) is 24.3 Å². The highest BCUT2D eigenvalue weighted by Gasteiger charge is 2.37. The quantitative estimate of drug-likeness (QED) is 0.297. The van der Waals surface area contributed by atoms with Gasteiger partial charge in [-0.05, 0) is 60.2 Å². The summed E-state index contributed by atoms with van der Waals surface area (Å²) in [4.78, 5) is 38.9. The van der Waals surface area contributed by atoms with Gasteiger partial charge in [0.15, 0.2) is 0 Å². The Morgan fingerprint density at radius 2 is 1.53 bits per heavy atom. The van der Waals surface area contributed by atoms with Crippen molar-refractivity contribution in [2.75, 3.05) is 4.90 Å². The molecular formula is C24H14Cl4N2O4. The number of ether oxygens (including phenoxy) is 1. The molecule has 6 nitrogen and oxygen atoms in total. The van der Waals surface area contributed by atoms with Crippen molar-refractivity contribution in [1.82, 2.24) is 5.32 Å². The predicted octanol–water partition coefficient (Wildman–Crippen LogP) is 6.55. The lowest BCUT2D eigenvalue weighted by Crippen LogP contribution is -2.54. The number of rotatable bonds is 5. The Morgan fingerprint density at radius 1 is 0.824 bits per heavy atom. The van der Waals surface area contributed by atoms with Gasteiger partial charge in [0.05, 0.1) is 15.7 Å². The minimum absolute atomic E-state index is 0.148. The second kappa shape index (κ2) is 10.1. The van der Waals surface area contributed by atoms with Gasteiger partial charge in [-0.1, -0.05) is 58.5 Å². The van der Waals surface area contributed by atoms with E-state index in [-0.39, 0.29) is 27.9 Å². The van der Waals surface area contributed by atoms with E-state index in [2.05, 4.69) is 5.32 Å². The molecule has 0 bridgehead atoms. The Hall–Kier alpha value is -3.03. The van der Waals surface area contributed by atoms with Crippen molar-refractivity contribution in [3.8, 4) is 5.75 Å². The van der Waals surface area contributed by atoms with Gasteiger partial charge in [0.2, 0.25) is 0 Å². The van der Waals surface area contributed by atoms with Crippen LogP contribution < -0.4 is 15.0 Å². The molecule has 0 spiro atoms. The number of carbonyl (C=O) groups is 3. The van der Waals surface area contributed by atoms with Gasteiger partial charge in [0.25, 0.3) is 11.8 Å². The molecule has 0 unspecified atom stereocenters. The van der Waals surface area contributed by atoms with Gasteiger partial charge < -0.3 is 4.74 Å². The number of imide groups is 2. The van der Waals surface area contributed by atoms with Crippen LogP contribution in [0.5, 0.6) is 5.75 Å². The Labute approximate surface area is 214 Å². The first kappa shape index (κ1) is 24.1. The summed E-state index contributed by atoms with van der Waals surface area (Å²) in [5.41, 5.74) is 1.11. The van der Waals surface area contributed by atoms with Crippen LogP contribution in [-0.2, 0) is 16.2 Å². The summed E-state index contributed by atoms with van der Waals surface area (Å²) in [5.74, 6) is -1.31. The maximum Gasteiger partial charge on any atom is 0.335 e. The highest BCUT2D eigenvalue weighted by atomic mass is 35.5. The second-order valence-corrected chi connectivity index (χ2v) is 8.84. The summed E-state index contributed by atoms with van der Waals surface area (Å²) in [6.07, 6.45) is 1.32. The van der Waals surface area contributed by atoms with Crippen LogP contribution in [0, 0.1) is 0 Å². The topological polar surface area (TPSA) is 75.7 Å². The van der Waals surface area contributed by atoms with Crippen LogP contribution in [0.3, 0.4) is 0 Å². The summed E-state index contributed by atoms with van der Waals surface area (Å²) in [7, 11) is 0. The molecule has 0 aromatic heterocycles. The van der Waals surface area contributed by atoms with E-state index in [0.717, 1.165) is 10.5 Å². The predicted molar refractivity (Wildman–Crippen MR) is 133 cm³/mol. The third kappa shape index (κ3) is 5.21. The Kier molecular flexibility index (Phi) is 7.14. The van der Waals surface area contributed by atoms with Gasteiger partial charge in [0.1, 0.15) is 17.9 Å². The molecule has 0 aliphatic carbocycles. The number of nitrogens with one attached hydrogen (secondary N) is 1. The third-order valence-corrected chi connectivity index (χ3v) is 6.07. The molecule has 1 aliphatic rings. The molecule has 4 amide bonds. The van der Waals surface area contributed by atoms with Crippen LogP contribution in [0.15, 0.2) is 66.2 Å². The first-order chi connectivity index (χ1) is 16.2. The summed E-state index contributed by atoms with van der Waals surface area (Å²) >= 11 is 24.0. The molecule has 0 radical (unpaired) electrons. The standard InChI is InChI=1S/C24H14Cl4N2O4/c25-15-3-1-13(2-4-15)12-34-21-8-5-16(26)9-14(21)10-18-22(31)29-24(33)30(23(18)32)17-6-7-19(27)20(28)11-17/h1-11H,12H2,(H,29,31,33)/b18-10+. The molecule has 34 heavy (non-hydrogen) atoms. The molecule has 1 saturated heterocycles. The van der Waals surface area contributed by atoms with Crippen LogP contribution in [0.4, 0.5) is 10.5 Å². The SMILES string of the molecule is O=C1NC(=O)N(c2ccc(Cl)c(Cl)c2)C(=O)/C1=C/c1cc(Cl)ccc1OCc1ccc(Cl)cc1. The Bertz CT molecular complexity index is 1340. The monoisotopic (exact) mass is 534 g/mol. The van der Waals surface area contributed by atoms with Gasteiger partial charge in [-0.3, -0.25) is 14.9 Å². The summed E-state index contributed by atoms with van der Waals surface area (Å²) in [5, 5.41) is 3.53. The van der Waals surface area contributed by atoms with Crippen molar-refractivity contribution in [3.63, 3.8) is 0 Å². The number of anilines is 1. The number of amides is 4. The van der Waals surface area contributed by atoms with Crippen molar-refractivity contribution in [2.24, 2.45) is 0 Å². The minimum Gasteiger partial charge on any atom is -0.488 e. The molecule has 0 atom stereocenters. The smallest absolute Gasteiger partial charge is 0.335 e. The molecule has 4 rings (SSSR count). The fraction of sp³-hybridized carbons (Fsp3) is 0.0417. The second-order valence-electron chi connectivity index (χ2n) is 7.15. The van der Waals surface area contributed by atoms with Gasteiger partial charge in [-0.2, -0.15) is 0 Å². The van der Waals surface area contributed by atoms with E-state index >= 15 is 0 Å². The normalized spacial score (nSPS) is 15.0. The number of nitrogens with zero attached hydrogens (tertiary/aromatic N) is 1. The first-order valence-corrected chi connectivity index (χ1v) is 11.3.